The number of aromatic nitrogens is 2. The van der Waals surface area contributed by atoms with E-state index >= 15 is 0 Å². The summed E-state index contributed by atoms with van der Waals surface area (Å²) in [5.74, 6) is 1.36. The highest BCUT2D eigenvalue weighted by atomic mass is 16.5. The van der Waals surface area contributed by atoms with Crippen molar-refractivity contribution in [1.29, 1.82) is 0 Å². The number of rotatable bonds is 10. The smallest absolute Gasteiger partial charge is 0.273 e. The molecule has 2 aliphatic heterocycles. The number of methoxy groups -OCH3 is 1. The molecule has 8 nitrogen and oxygen atoms in total. The third kappa shape index (κ3) is 5.22. The van der Waals surface area contributed by atoms with Crippen molar-refractivity contribution in [2.75, 3.05) is 53.1 Å². The number of hydrogen-bond acceptors (Lipinski definition) is 6. The fourth-order valence-electron chi connectivity index (χ4n) is 5.08. The van der Waals surface area contributed by atoms with E-state index in [-0.39, 0.29) is 11.9 Å². The van der Waals surface area contributed by atoms with Gasteiger partial charge in [-0.3, -0.25) is 14.8 Å². The highest BCUT2D eigenvalue weighted by Crippen LogP contribution is 2.44. The number of carbonyl (C=O) groups is 1. The normalized spacial score (nSPS) is 17.8. The largest absolute Gasteiger partial charge is 0.493 e. The fraction of sp³-hybridized carbons (Fsp3) is 0.448. The van der Waals surface area contributed by atoms with Crippen LogP contribution in [-0.2, 0) is 4.74 Å². The predicted octanol–water partition coefficient (Wildman–Crippen LogP) is 4.45. The number of hydrogen-bond donors (Lipinski definition) is 1. The van der Waals surface area contributed by atoms with Gasteiger partial charge in [-0.15, -0.1) is 0 Å². The first kappa shape index (κ1) is 25.3. The van der Waals surface area contributed by atoms with Crippen molar-refractivity contribution < 1.29 is 19.0 Å². The molecule has 1 aromatic heterocycles. The third-order valence-corrected chi connectivity index (χ3v) is 7.21. The average molecular weight is 505 g/mol. The van der Waals surface area contributed by atoms with E-state index in [1.54, 1.807) is 7.11 Å². The highest BCUT2D eigenvalue weighted by Gasteiger charge is 2.42. The molecule has 1 N–H and O–H groups in total. The Morgan fingerprint density at radius 3 is 2.59 bits per heavy atom. The Labute approximate surface area is 218 Å². The minimum atomic E-state index is -0.280. The molecule has 0 bridgehead atoms. The Kier molecular flexibility index (Phi) is 7.76. The Bertz CT molecular complexity index is 1220. The summed E-state index contributed by atoms with van der Waals surface area (Å²) in [7, 11) is 1.66. The van der Waals surface area contributed by atoms with Crippen LogP contribution < -0.4 is 9.47 Å². The zero-order chi connectivity index (χ0) is 25.8. The summed E-state index contributed by atoms with van der Waals surface area (Å²) < 4.78 is 17.2. The van der Waals surface area contributed by atoms with Crippen LogP contribution in [-0.4, -0.2) is 79.0 Å². The topological polar surface area (TPSA) is 79.9 Å². The van der Waals surface area contributed by atoms with Crippen molar-refractivity contribution in [3.05, 3.63) is 64.8 Å². The van der Waals surface area contributed by atoms with Gasteiger partial charge < -0.3 is 19.1 Å². The molecule has 1 saturated heterocycles. The number of ether oxygens (including phenoxy) is 3. The quantitative estimate of drug-likeness (QED) is 0.411. The lowest BCUT2D eigenvalue weighted by atomic mass is 9.95. The van der Waals surface area contributed by atoms with Crippen molar-refractivity contribution in [3.8, 4) is 22.8 Å². The second-order valence-electron chi connectivity index (χ2n) is 9.69. The lowest BCUT2D eigenvalue weighted by molar-refractivity contribution is 0.0316. The summed E-state index contributed by atoms with van der Waals surface area (Å²) >= 11 is 0. The summed E-state index contributed by atoms with van der Waals surface area (Å²) in [6, 6.07) is 14.0. The Balaban J connectivity index is 1.52. The van der Waals surface area contributed by atoms with E-state index in [2.05, 4.69) is 53.2 Å². The van der Waals surface area contributed by atoms with Gasteiger partial charge in [0.15, 0.2) is 11.5 Å². The molecule has 8 heteroatoms. The minimum Gasteiger partial charge on any atom is -0.493 e. The monoisotopic (exact) mass is 504 g/mol. The highest BCUT2D eigenvalue weighted by molar-refractivity contribution is 6.00. The molecule has 196 valence electrons. The maximum Gasteiger partial charge on any atom is 0.273 e. The fourth-order valence-corrected chi connectivity index (χ4v) is 5.08. The van der Waals surface area contributed by atoms with Gasteiger partial charge in [0.25, 0.3) is 5.91 Å². The number of carbonyl (C=O) groups excluding carboxylic acids is 1. The summed E-state index contributed by atoms with van der Waals surface area (Å²) in [4.78, 5) is 18.0. The summed E-state index contributed by atoms with van der Waals surface area (Å²) in [6.45, 7) is 9.47. The molecule has 1 unspecified atom stereocenters. The van der Waals surface area contributed by atoms with Crippen LogP contribution in [0, 0.1) is 6.92 Å². The van der Waals surface area contributed by atoms with Crippen LogP contribution >= 0.6 is 0 Å². The number of nitrogens with one attached hydrogen (secondary N) is 1. The standard InChI is InChI=1S/C29H36N4O4/c1-4-5-16-37-23-11-10-22(19-24(23)35-3)28-25-26(21-8-6-20(2)7-9-21)30-31-27(25)29(34)33(28)13-12-32-14-17-36-18-15-32/h6-11,19,28H,4-5,12-18H2,1-3H3,(H,30,31). The van der Waals surface area contributed by atoms with Crippen molar-refractivity contribution in [2.45, 2.75) is 32.7 Å². The van der Waals surface area contributed by atoms with Crippen LogP contribution in [0.4, 0.5) is 0 Å². The van der Waals surface area contributed by atoms with Crippen LogP contribution in [0.5, 0.6) is 11.5 Å². The Morgan fingerprint density at radius 2 is 1.86 bits per heavy atom. The molecule has 0 radical (unpaired) electrons. The molecule has 0 aliphatic carbocycles. The van der Waals surface area contributed by atoms with Gasteiger partial charge in [-0.1, -0.05) is 49.2 Å². The van der Waals surface area contributed by atoms with Crippen molar-refractivity contribution in [2.24, 2.45) is 0 Å². The first-order valence-corrected chi connectivity index (χ1v) is 13.2. The second kappa shape index (κ2) is 11.4. The van der Waals surface area contributed by atoms with Crippen LogP contribution in [0.1, 0.15) is 53.0 Å². The van der Waals surface area contributed by atoms with Crippen molar-refractivity contribution in [3.63, 3.8) is 0 Å². The molecular formula is C29H36N4O4. The number of unbranched alkanes of at least 4 members (excludes halogenated alkanes) is 1. The van der Waals surface area contributed by atoms with Crippen LogP contribution in [0.15, 0.2) is 42.5 Å². The molecule has 0 saturated carbocycles. The molecule has 37 heavy (non-hydrogen) atoms. The predicted molar refractivity (Wildman–Crippen MR) is 142 cm³/mol. The molecule has 3 aromatic rings. The number of amides is 1. The molecule has 0 spiro atoms. The zero-order valence-corrected chi connectivity index (χ0v) is 22.0. The van der Waals surface area contributed by atoms with E-state index in [9.17, 15) is 4.79 Å². The number of aryl methyl sites for hydroxylation is 1. The van der Waals surface area contributed by atoms with Crippen molar-refractivity contribution >= 4 is 5.91 Å². The number of fused-ring (bicyclic) bond motifs is 1. The Hall–Kier alpha value is -3.36. The van der Waals surface area contributed by atoms with Gasteiger partial charge in [-0.25, -0.2) is 0 Å². The molecular weight excluding hydrogens is 468 g/mol. The summed E-state index contributed by atoms with van der Waals surface area (Å²) in [5, 5.41) is 7.66. The Morgan fingerprint density at radius 1 is 1.08 bits per heavy atom. The zero-order valence-electron chi connectivity index (χ0n) is 22.0. The van der Waals surface area contributed by atoms with Gasteiger partial charge in [0, 0.05) is 37.3 Å². The number of nitrogens with zero attached hydrogens (tertiary/aromatic N) is 3. The molecule has 1 amide bonds. The average Bonchev–Trinajstić information content (AvgIpc) is 3.47. The van der Waals surface area contributed by atoms with E-state index in [4.69, 9.17) is 14.2 Å². The molecule has 2 aromatic carbocycles. The van der Waals surface area contributed by atoms with Crippen LogP contribution in [0.2, 0.25) is 0 Å². The van der Waals surface area contributed by atoms with Crippen LogP contribution in [0.3, 0.4) is 0 Å². The first-order chi connectivity index (χ1) is 18.1. The first-order valence-electron chi connectivity index (χ1n) is 13.2. The van der Waals surface area contributed by atoms with Crippen molar-refractivity contribution in [1.82, 2.24) is 20.0 Å². The second-order valence-corrected chi connectivity index (χ2v) is 9.69. The van der Waals surface area contributed by atoms with E-state index in [1.165, 1.54) is 5.56 Å². The van der Waals surface area contributed by atoms with Crippen LogP contribution in [0.25, 0.3) is 11.3 Å². The van der Waals surface area contributed by atoms with Gasteiger partial charge >= 0.3 is 0 Å². The number of aromatic amines is 1. The van der Waals surface area contributed by atoms with E-state index in [1.807, 2.05) is 23.1 Å². The van der Waals surface area contributed by atoms with E-state index in [0.29, 0.717) is 24.6 Å². The van der Waals surface area contributed by atoms with Gasteiger partial charge in [0.2, 0.25) is 0 Å². The maximum atomic E-state index is 13.7. The molecule has 3 heterocycles. The minimum absolute atomic E-state index is 0.0265. The van der Waals surface area contributed by atoms with Gasteiger partial charge in [0.05, 0.1) is 38.7 Å². The lowest BCUT2D eigenvalue weighted by Crippen LogP contribution is -2.42. The molecule has 2 aliphatic rings. The van der Waals surface area contributed by atoms with Gasteiger partial charge in [0.1, 0.15) is 5.69 Å². The molecule has 1 fully saturated rings. The molecule has 1 atom stereocenters. The van der Waals surface area contributed by atoms with E-state index in [0.717, 1.165) is 73.8 Å². The number of benzene rings is 2. The van der Waals surface area contributed by atoms with Gasteiger partial charge in [-0.2, -0.15) is 5.10 Å². The summed E-state index contributed by atoms with van der Waals surface area (Å²) in [6.07, 6.45) is 2.05. The van der Waals surface area contributed by atoms with Gasteiger partial charge in [-0.05, 0) is 31.0 Å². The third-order valence-electron chi connectivity index (χ3n) is 7.21. The number of morpholine rings is 1. The van der Waals surface area contributed by atoms with E-state index < -0.39 is 0 Å². The lowest BCUT2D eigenvalue weighted by Gasteiger charge is -2.31. The summed E-state index contributed by atoms with van der Waals surface area (Å²) in [5.41, 5.74) is 5.43. The SMILES string of the molecule is CCCCOc1ccc(C2c3c(-c4ccc(C)cc4)n[nH]c3C(=O)N2CCN2CCOCC2)cc1OC. The number of H-pyrrole nitrogens is 1. The molecule has 5 rings (SSSR count). The maximum absolute atomic E-state index is 13.7.